The maximum atomic E-state index is 10.9. The van der Waals surface area contributed by atoms with Crippen LogP contribution in [0, 0.1) is 0 Å². The maximum Gasteiger partial charge on any atom is 0.162 e. The molecule has 146 valence electrons. The molecule has 3 aromatic rings. The number of hydrogen-bond donors (Lipinski definition) is 3. The van der Waals surface area contributed by atoms with Crippen LogP contribution in [-0.2, 0) is 4.74 Å². The van der Waals surface area contributed by atoms with Crippen molar-refractivity contribution in [2.24, 2.45) is 16.7 Å². The summed E-state index contributed by atoms with van der Waals surface area (Å²) in [5.74, 6) is 5.52. The zero-order valence-corrected chi connectivity index (χ0v) is 15.7. The van der Waals surface area contributed by atoms with Gasteiger partial charge in [0.15, 0.2) is 5.65 Å². The van der Waals surface area contributed by atoms with Crippen LogP contribution in [0.2, 0.25) is 0 Å². The van der Waals surface area contributed by atoms with Crippen LogP contribution < -0.4 is 11.6 Å². The maximum absolute atomic E-state index is 10.9. The van der Waals surface area contributed by atoms with E-state index in [1.807, 2.05) is 37.3 Å². The smallest absolute Gasteiger partial charge is 0.162 e. The van der Waals surface area contributed by atoms with E-state index in [1.54, 1.807) is 17.1 Å². The minimum atomic E-state index is -0.703. The highest BCUT2D eigenvalue weighted by atomic mass is 16.5. The fourth-order valence-electron chi connectivity index (χ4n) is 3.76. The topological polar surface area (TPSA) is 125 Å². The molecule has 8 nitrogen and oxygen atoms in total. The van der Waals surface area contributed by atoms with Gasteiger partial charge in [0.05, 0.1) is 17.5 Å². The number of ether oxygens (including phenoxy) is 1. The van der Waals surface area contributed by atoms with E-state index in [0.717, 1.165) is 35.9 Å². The van der Waals surface area contributed by atoms with Crippen LogP contribution in [0.15, 0.2) is 47.8 Å². The third kappa shape index (κ3) is 3.00. The average Bonchev–Trinajstić information content (AvgIpc) is 3.13. The normalized spacial score (nSPS) is 17.4. The van der Waals surface area contributed by atoms with Crippen molar-refractivity contribution < 1.29 is 9.84 Å². The molecule has 0 radical (unpaired) electrons. The molecule has 1 aromatic carbocycles. The first-order valence-corrected chi connectivity index (χ1v) is 9.38. The van der Waals surface area contributed by atoms with E-state index in [4.69, 9.17) is 16.3 Å². The van der Waals surface area contributed by atoms with Crippen LogP contribution in [0.1, 0.15) is 43.4 Å². The molecule has 1 saturated carbocycles. The summed E-state index contributed by atoms with van der Waals surface area (Å²) in [5.41, 5.74) is 8.25. The largest absolute Gasteiger partial charge is 0.385 e. The number of rotatable bonds is 6. The number of aliphatic hydroxyl groups is 1. The molecule has 2 aromatic heterocycles. The van der Waals surface area contributed by atoms with E-state index in [9.17, 15) is 5.11 Å². The van der Waals surface area contributed by atoms with Crippen LogP contribution in [0.5, 0.6) is 0 Å². The first-order valence-electron chi connectivity index (χ1n) is 9.38. The van der Waals surface area contributed by atoms with Gasteiger partial charge in [-0.2, -0.15) is 10.2 Å². The zero-order chi connectivity index (χ0) is 19.7. The Balaban J connectivity index is 1.69. The number of nitrogens with zero attached hydrogens (tertiary/aromatic N) is 4. The summed E-state index contributed by atoms with van der Waals surface area (Å²) in [6.07, 6.45) is 5.51. The third-order valence-corrected chi connectivity index (χ3v) is 5.40. The van der Waals surface area contributed by atoms with Crippen molar-refractivity contribution in [3.05, 3.63) is 53.9 Å². The molecule has 0 aliphatic heterocycles. The number of benzene rings is 1. The number of pyridine rings is 1. The second kappa shape index (κ2) is 7.21. The summed E-state index contributed by atoms with van der Waals surface area (Å²) >= 11 is 0. The monoisotopic (exact) mass is 380 g/mol. The van der Waals surface area contributed by atoms with Gasteiger partial charge in [0.25, 0.3) is 0 Å². The molecule has 0 amide bonds. The fraction of sp³-hybridized carbons (Fsp3) is 0.350. The molecule has 0 saturated heterocycles. The Labute approximate surface area is 162 Å². The average molecular weight is 380 g/mol. The number of fused-ring (bicyclic) bond motifs is 1. The number of nitrogens with two attached hydrogens (primary N) is 2. The van der Waals surface area contributed by atoms with Gasteiger partial charge in [-0.15, -0.1) is 0 Å². The van der Waals surface area contributed by atoms with Crippen molar-refractivity contribution in [1.29, 1.82) is 0 Å². The zero-order valence-electron chi connectivity index (χ0n) is 15.7. The molecule has 1 aliphatic carbocycles. The van der Waals surface area contributed by atoms with Crippen LogP contribution in [0.25, 0.3) is 16.7 Å². The molecule has 8 heteroatoms. The molecule has 1 fully saturated rings. The van der Waals surface area contributed by atoms with Gasteiger partial charge in [-0.25, -0.2) is 9.67 Å². The van der Waals surface area contributed by atoms with E-state index in [0.29, 0.717) is 17.8 Å². The van der Waals surface area contributed by atoms with Crippen LogP contribution in [0.3, 0.4) is 0 Å². The molecular formula is C20H24N6O2. The molecule has 1 unspecified atom stereocenters. The molecule has 28 heavy (non-hydrogen) atoms. The van der Waals surface area contributed by atoms with Crippen LogP contribution in [-0.4, -0.2) is 37.9 Å². The number of hydrazone groups is 1. The number of aromatic nitrogens is 3. The van der Waals surface area contributed by atoms with Crippen molar-refractivity contribution in [3.63, 3.8) is 0 Å². The standard InChI is InChI=1S/C20H24N6O2/c1-2-28-20(7-4-8-20)17(27)14-9-15-12-24-26(19(15)23-11-14)16-6-3-5-13(10-16)18(21)25-22/h3,5-6,9-12,17,27H,2,4,7-8,22H2,1H3,(H2,21,25). The minimum Gasteiger partial charge on any atom is -0.385 e. The van der Waals surface area contributed by atoms with E-state index >= 15 is 0 Å². The van der Waals surface area contributed by atoms with E-state index < -0.39 is 11.7 Å². The van der Waals surface area contributed by atoms with Crippen LogP contribution in [0.4, 0.5) is 0 Å². The Kier molecular flexibility index (Phi) is 4.74. The second-order valence-electron chi connectivity index (χ2n) is 7.06. The van der Waals surface area contributed by atoms with Gasteiger partial charge in [-0.05, 0) is 44.4 Å². The van der Waals surface area contributed by atoms with E-state index in [-0.39, 0.29) is 5.84 Å². The lowest BCUT2D eigenvalue weighted by atomic mass is 9.74. The van der Waals surface area contributed by atoms with Gasteiger partial charge in [-0.3, -0.25) is 0 Å². The summed E-state index contributed by atoms with van der Waals surface area (Å²) in [6, 6.07) is 9.37. The SMILES string of the molecule is CCOC1(C(O)c2cnc3c(cnn3-c3cccc(/C(N)=N/N)c3)c2)CCC1. The summed E-state index contributed by atoms with van der Waals surface area (Å²) in [6.45, 7) is 2.53. The van der Waals surface area contributed by atoms with Crippen molar-refractivity contribution in [1.82, 2.24) is 14.8 Å². The summed E-state index contributed by atoms with van der Waals surface area (Å²) in [7, 11) is 0. The molecule has 5 N–H and O–H groups in total. The lowest BCUT2D eigenvalue weighted by Gasteiger charge is -2.45. The summed E-state index contributed by atoms with van der Waals surface area (Å²) < 4.78 is 7.61. The van der Waals surface area contributed by atoms with Crippen molar-refractivity contribution in [2.75, 3.05) is 6.61 Å². The Morgan fingerprint density at radius 1 is 1.36 bits per heavy atom. The molecule has 0 spiro atoms. The quantitative estimate of drug-likeness (QED) is 0.260. The number of amidine groups is 1. The predicted molar refractivity (Wildman–Crippen MR) is 107 cm³/mol. The Morgan fingerprint density at radius 2 is 2.18 bits per heavy atom. The third-order valence-electron chi connectivity index (χ3n) is 5.40. The Hall–Kier alpha value is -2.97. The van der Waals surface area contributed by atoms with E-state index in [1.165, 1.54) is 0 Å². The van der Waals surface area contributed by atoms with E-state index in [2.05, 4.69) is 15.2 Å². The van der Waals surface area contributed by atoms with Gasteiger partial charge < -0.3 is 21.4 Å². The summed E-state index contributed by atoms with van der Waals surface area (Å²) in [5, 5.41) is 19.7. The minimum absolute atomic E-state index is 0.249. The molecule has 2 heterocycles. The Morgan fingerprint density at radius 3 is 2.86 bits per heavy atom. The van der Waals surface area contributed by atoms with Gasteiger partial charge in [0.2, 0.25) is 0 Å². The van der Waals surface area contributed by atoms with Gasteiger partial charge >= 0.3 is 0 Å². The van der Waals surface area contributed by atoms with Gasteiger partial charge in [-0.1, -0.05) is 12.1 Å². The number of hydrogen-bond acceptors (Lipinski definition) is 6. The molecule has 4 rings (SSSR count). The molecule has 0 bridgehead atoms. The highest BCUT2D eigenvalue weighted by Gasteiger charge is 2.45. The molecule has 1 atom stereocenters. The van der Waals surface area contributed by atoms with Crippen molar-refractivity contribution in [3.8, 4) is 5.69 Å². The number of aliphatic hydroxyl groups excluding tert-OH is 1. The van der Waals surface area contributed by atoms with Crippen LogP contribution >= 0.6 is 0 Å². The second-order valence-corrected chi connectivity index (χ2v) is 7.06. The highest BCUT2D eigenvalue weighted by molar-refractivity contribution is 5.97. The Bertz CT molecular complexity index is 1020. The van der Waals surface area contributed by atoms with Crippen molar-refractivity contribution >= 4 is 16.9 Å². The lowest BCUT2D eigenvalue weighted by molar-refractivity contribution is -0.167. The summed E-state index contributed by atoms with van der Waals surface area (Å²) in [4.78, 5) is 4.56. The predicted octanol–water partition coefficient (Wildman–Crippen LogP) is 1.99. The first-order chi connectivity index (χ1) is 13.6. The molecule has 1 aliphatic rings. The fourth-order valence-corrected chi connectivity index (χ4v) is 3.76. The highest BCUT2D eigenvalue weighted by Crippen LogP contribution is 2.45. The van der Waals surface area contributed by atoms with Gasteiger partial charge in [0, 0.05) is 29.3 Å². The lowest BCUT2D eigenvalue weighted by Crippen LogP contribution is -2.46. The molecular weight excluding hydrogens is 356 g/mol. The first kappa shape index (κ1) is 18.4. The van der Waals surface area contributed by atoms with Gasteiger partial charge in [0.1, 0.15) is 11.9 Å². The van der Waals surface area contributed by atoms with Crippen molar-refractivity contribution in [2.45, 2.75) is 37.9 Å².